The maximum absolute atomic E-state index is 12.4. The SMILES string of the molecule is CC1OC(COC2OC(CO)C(O)C(OC3CN([C@@H](Cc4ccc(O)cc4)C(=O)O)CC(CO)O3)C2O)C(O)C(OC2OC(CO)C(O)C(O)C2O)C1O. The number of phenolic OH excluding ortho intramolecular Hbond substituents is 1. The number of carboxylic acids is 1. The van der Waals surface area contributed by atoms with Gasteiger partial charge in [0.1, 0.15) is 85.0 Å². The number of aromatic hydroxyl groups is 1. The second kappa shape index (κ2) is 18.8. The average molecular weight is 782 g/mol. The van der Waals surface area contributed by atoms with Gasteiger partial charge < -0.3 is 94.4 Å². The molecular weight excluding hydrogens is 730 g/mol. The lowest BCUT2D eigenvalue weighted by Gasteiger charge is -2.47. The Balaban J connectivity index is 1.25. The van der Waals surface area contributed by atoms with Crippen LogP contribution in [0, 0.1) is 0 Å². The lowest BCUT2D eigenvalue weighted by Crippen LogP contribution is -2.65. The molecule has 4 aliphatic heterocycles. The fourth-order valence-corrected chi connectivity index (χ4v) is 6.95. The van der Waals surface area contributed by atoms with Gasteiger partial charge in [0.25, 0.3) is 0 Å². The Morgan fingerprint density at radius 3 is 1.96 bits per heavy atom. The van der Waals surface area contributed by atoms with Gasteiger partial charge in [0, 0.05) is 6.54 Å². The molecule has 1 aromatic rings. The zero-order chi connectivity index (χ0) is 39.4. The summed E-state index contributed by atoms with van der Waals surface area (Å²) in [5.41, 5.74) is 0.605. The number of carbonyl (C=O) groups is 1. The number of phenols is 1. The number of aliphatic hydroxyl groups is 10. The predicted molar refractivity (Wildman–Crippen MR) is 174 cm³/mol. The number of carboxylic acid groups (broad SMARTS) is 1. The smallest absolute Gasteiger partial charge is 0.321 e. The van der Waals surface area contributed by atoms with Gasteiger partial charge in [-0.25, -0.2) is 0 Å². The van der Waals surface area contributed by atoms with E-state index in [0.717, 1.165) is 0 Å². The Bertz CT molecular complexity index is 1330. The number of nitrogens with zero attached hydrogens (tertiary/aromatic N) is 1. The molecule has 0 saturated carbocycles. The molecule has 17 unspecified atom stereocenters. The standard InChI is InChI=1S/C33H51NO20/c1-13-22(39)29(54-33-27(44)26(43)23(40)18(10-36)52-33)25(42)20(49-13)12-48-32-28(45)30(24(41)19(11-37)51-32)53-21-8-34(7-16(9-35)50-21)17(31(46)47)6-14-2-4-15(38)5-3-14/h2-5,13,16-30,32-33,35-45H,6-12H2,1H3,(H,46,47)/t13?,16?,17-,18?,19?,20?,21?,22?,23?,24?,25?,26?,27?,28?,29?,30?,32?,33?/m0/s1. The summed E-state index contributed by atoms with van der Waals surface area (Å²) in [5.74, 6) is -1.18. The summed E-state index contributed by atoms with van der Waals surface area (Å²) in [5, 5.41) is 124. The van der Waals surface area contributed by atoms with Gasteiger partial charge in [0.15, 0.2) is 18.9 Å². The lowest BCUT2D eigenvalue weighted by molar-refractivity contribution is -0.352. The first-order chi connectivity index (χ1) is 25.7. The molecule has 1 aromatic carbocycles. The zero-order valence-electron chi connectivity index (χ0n) is 29.2. The molecule has 4 heterocycles. The van der Waals surface area contributed by atoms with E-state index in [1.807, 2.05) is 0 Å². The van der Waals surface area contributed by atoms with Crippen LogP contribution in [0.3, 0.4) is 0 Å². The molecule has 4 aliphatic rings. The first-order valence-corrected chi connectivity index (χ1v) is 17.5. The Kier molecular flexibility index (Phi) is 14.9. The summed E-state index contributed by atoms with van der Waals surface area (Å²) in [4.78, 5) is 13.9. The summed E-state index contributed by atoms with van der Waals surface area (Å²) in [7, 11) is 0. The third kappa shape index (κ3) is 9.65. The minimum absolute atomic E-state index is 0.00342. The number of hydrogen-bond acceptors (Lipinski definition) is 20. The highest BCUT2D eigenvalue weighted by atomic mass is 16.7. The third-order valence-electron chi connectivity index (χ3n) is 10.1. The quantitative estimate of drug-likeness (QED) is 0.0836. The second-order valence-corrected chi connectivity index (χ2v) is 13.8. The van der Waals surface area contributed by atoms with Crippen LogP contribution in [0.5, 0.6) is 5.75 Å². The van der Waals surface area contributed by atoms with Gasteiger partial charge >= 0.3 is 5.97 Å². The van der Waals surface area contributed by atoms with Crippen LogP contribution in [0.1, 0.15) is 12.5 Å². The molecule has 4 fully saturated rings. The number of ether oxygens (including phenoxy) is 7. The van der Waals surface area contributed by atoms with Gasteiger partial charge in [0.2, 0.25) is 0 Å². The average Bonchev–Trinajstić information content (AvgIpc) is 3.15. The topological polar surface area (TPSA) is 328 Å². The first kappa shape index (κ1) is 42.9. The fraction of sp³-hybridized carbons (Fsp3) is 0.788. The molecule has 18 atom stereocenters. The summed E-state index contributed by atoms with van der Waals surface area (Å²) >= 11 is 0. The van der Waals surface area contributed by atoms with Crippen LogP contribution in [0.15, 0.2) is 24.3 Å². The molecule has 12 N–H and O–H groups in total. The Labute approximate surface area is 309 Å². The predicted octanol–water partition coefficient (Wildman–Crippen LogP) is -6.06. The van der Waals surface area contributed by atoms with Crippen molar-refractivity contribution in [3.05, 3.63) is 29.8 Å². The highest BCUT2D eigenvalue weighted by molar-refractivity contribution is 5.74. The monoisotopic (exact) mass is 781 g/mol. The van der Waals surface area contributed by atoms with E-state index in [9.17, 15) is 66.1 Å². The van der Waals surface area contributed by atoms with Crippen molar-refractivity contribution < 1.29 is 99.2 Å². The van der Waals surface area contributed by atoms with Crippen molar-refractivity contribution in [3.8, 4) is 5.75 Å². The lowest BCUT2D eigenvalue weighted by atomic mass is 9.94. The van der Waals surface area contributed by atoms with Crippen molar-refractivity contribution in [2.24, 2.45) is 0 Å². The van der Waals surface area contributed by atoms with Crippen LogP contribution < -0.4 is 0 Å². The second-order valence-electron chi connectivity index (χ2n) is 13.8. The van der Waals surface area contributed by atoms with E-state index in [0.29, 0.717) is 5.56 Å². The van der Waals surface area contributed by atoms with Crippen molar-refractivity contribution >= 4 is 5.97 Å². The highest BCUT2D eigenvalue weighted by Gasteiger charge is 2.52. The molecule has 54 heavy (non-hydrogen) atoms. The van der Waals surface area contributed by atoms with E-state index in [4.69, 9.17) is 33.2 Å². The zero-order valence-corrected chi connectivity index (χ0v) is 29.2. The van der Waals surface area contributed by atoms with Gasteiger partial charge in [0.05, 0.1) is 45.2 Å². The molecule has 0 aliphatic carbocycles. The van der Waals surface area contributed by atoms with Crippen LogP contribution in [-0.2, 0) is 44.4 Å². The molecule has 308 valence electrons. The van der Waals surface area contributed by atoms with Crippen LogP contribution in [0.4, 0.5) is 0 Å². The molecule has 5 rings (SSSR count). The Morgan fingerprint density at radius 1 is 0.722 bits per heavy atom. The van der Waals surface area contributed by atoms with E-state index < -0.39 is 143 Å². The molecule has 0 radical (unpaired) electrons. The Hall–Kier alpha value is -2.23. The summed E-state index contributed by atoms with van der Waals surface area (Å²) in [6.07, 6.45) is -25.6. The molecule has 0 spiro atoms. The van der Waals surface area contributed by atoms with Crippen LogP contribution in [0.2, 0.25) is 0 Å². The van der Waals surface area contributed by atoms with Crippen LogP contribution in [0.25, 0.3) is 0 Å². The molecule has 0 amide bonds. The normalized spacial score (nSPS) is 42.8. The van der Waals surface area contributed by atoms with Crippen molar-refractivity contribution in [2.45, 2.75) is 124 Å². The number of rotatable bonds is 14. The van der Waals surface area contributed by atoms with E-state index in [1.54, 1.807) is 12.1 Å². The van der Waals surface area contributed by atoms with Crippen molar-refractivity contribution in [2.75, 3.05) is 39.5 Å². The van der Waals surface area contributed by atoms with Gasteiger partial charge in [-0.05, 0) is 31.0 Å². The maximum atomic E-state index is 12.4. The van der Waals surface area contributed by atoms with Crippen LogP contribution in [-0.4, -0.2) is 222 Å². The highest BCUT2D eigenvalue weighted by Crippen LogP contribution is 2.32. The van der Waals surface area contributed by atoms with Gasteiger partial charge in [-0.2, -0.15) is 0 Å². The van der Waals surface area contributed by atoms with E-state index in [-0.39, 0.29) is 25.3 Å². The minimum atomic E-state index is -1.83. The Morgan fingerprint density at radius 2 is 1.33 bits per heavy atom. The molecular formula is C33H51NO20. The number of morpholine rings is 1. The summed E-state index contributed by atoms with van der Waals surface area (Å²) in [6.45, 7) is -1.33. The van der Waals surface area contributed by atoms with Gasteiger partial charge in [-0.15, -0.1) is 0 Å². The van der Waals surface area contributed by atoms with E-state index in [1.165, 1.54) is 24.0 Å². The first-order valence-electron chi connectivity index (χ1n) is 17.5. The van der Waals surface area contributed by atoms with E-state index >= 15 is 0 Å². The number of aliphatic carboxylic acids is 1. The van der Waals surface area contributed by atoms with Gasteiger partial charge in [-0.3, -0.25) is 9.69 Å². The van der Waals surface area contributed by atoms with Crippen molar-refractivity contribution in [1.82, 2.24) is 4.90 Å². The molecule has 0 bridgehead atoms. The molecule has 4 saturated heterocycles. The van der Waals surface area contributed by atoms with E-state index in [2.05, 4.69) is 0 Å². The van der Waals surface area contributed by atoms with Gasteiger partial charge in [-0.1, -0.05) is 12.1 Å². The number of aliphatic hydroxyl groups excluding tert-OH is 10. The fourth-order valence-electron chi connectivity index (χ4n) is 6.95. The molecule has 0 aromatic heterocycles. The number of hydrogen-bond donors (Lipinski definition) is 12. The summed E-state index contributed by atoms with van der Waals surface area (Å²) in [6, 6.07) is 4.85. The van der Waals surface area contributed by atoms with Crippen LogP contribution >= 0.6 is 0 Å². The molecule has 21 nitrogen and oxygen atoms in total. The van der Waals surface area contributed by atoms with Crippen molar-refractivity contribution in [3.63, 3.8) is 0 Å². The van der Waals surface area contributed by atoms with Crippen molar-refractivity contribution in [1.29, 1.82) is 0 Å². The largest absolute Gasteiger partial charge is 0.508 e. The summed E-state index contributed by atoms with van der Waals surface area (Å²) < 4.78 is 39.8. The minimum Gasteiger partial charge on any atom is -0.508 e. The third-order valence-corrected chi connectivity index (χ3v) is 10.1. The number of benzene rings is 1. The molecule has 21 heteroatoms. The maximum Gasteiger partial charge on any atom is 0.321 e.